The molecule has 0 aliphatic carbocycles. The van der Waals surface area contributed by atoms with Gasteiger partial charge in [0.15, 0.2) is 0 Å². The van der Waals surface area contributed by atoms with Gasteiger partial charge in [0.2, 0.25) is 0 Å². The molecule has 0 saturated carbocycles. The molecule has 0 N–H and O–H groups in total. The first-order valence-electron chi connectivity index (χ1n) is 6.75. The summed E-state index contributed by atoms with van der Waals surface area (Å²) in [5.41, 5.74) is 1.28. The van der Waals surface area contributed by atoms with Crippen LogP contribution < -0.4 is 0 Å². The zero-order valence-corrected chi connectivity index (χ0v) is 11.6. The van der Waals surface area contributed by atoms with Crippen molar-refractivity contribution in [3.05, 3.63) is 48.0 Å². The minimum Gasteiger partial charge on any atom is -0.469 e. The Morgan fingerprint density at radius 1 is 1.37 bits per heavy atom. The molecule has 2 rings (SSSR count). The SMILES string of the molecule is COC(=O)C[C@@H]1CC=CCN1[C@@H](C)c1ccccc1. The average molecular weight is 259 g/mol. The van der Waals surface area contributed by atoms with Crippen LogP contribution in [0.4, 0.5) is 0 Å². The molecule has 1 aliphatic heterocycles. The van der Waals surface area contributed by atoms with Gasteiger partial charge in [-0.3, -0.25) is 9.69 Å². The number of esters is 1. The molecular weight excluding hydrogens is 238 g/mol. The number of ether oxygens (including phenoxy) is 1. The normalized spacial score (nSPS) is 21.1. The Bertz CT molecular complexity index is 441. The van der Waals surface area contributed by atoms with Gasteiger partial charge in [0.1, 0.15) is 0 Å². The zero-order valence-electron chi connectivity index (χ0n) is 11.6. The Morgan fingerprint density at radius 3 is 2.79 bits per heavy atom. The van der Waals surface area contributed by atoms with Crippen molar-refractivity contribution in [2.75, 3.05) is 13.7 Å². The minimum atomic E-state index is -0.134. The van der Waals surface area contributed by atoms with Crippen LogP contribution in [0.1, 0.15) is 31.4 Å². The van der Waals surface area contributed by atoms with Crippen LogP contribution in [-0.4, -0.2) is 30.6 Å². The predicted octanol–water partition coefficient (Wildman–Crippen LogP) is 2.94. The molecule has 1 aromatic carbocycles. The van der Waals surface area contributed by atoms with Crippen molar-refractivity contribution < 1.29 is 9.53 Å². The summed E-state index contributed by atoms with van der Waals surface area (Å²) < 4.78 is 4.80. The van der Waals surface area contributed by atoms with E-state index in [0.29, 0.717) is 12.5 Å². The molecule has 1 aromatic rings. The number of carbonyl (C=O) groups excluding carboxylic acids is 1. The second kappa shape index (κ2) is 6.53. The van der Waals surface area contributed by atoms with Crippen LogP contribution in [0.2, 0.25) is 0 Å². The highest BCUT2D eigenvalue weighted by molar-refractivity contribution is 5.70. The summed E-state index contributed by atoms with van der Waals surface area (Å²) in [5, 5.41) is 0. The lowest BCUT2D eigenvalue weighted by atomic mass is 9.98. The summed E-state index contributed by atoms with van der Waals surface area (Å²) >= 11 is 0. The lowest BCUT2D eigenvalue weighted by molar-refractivity contribution is -0.142. The van der Waals surface area contributed by atoms with Crippen molar-refractivity contribution in [1.82, 2.24) is 4.90 Å². The van der Waals surface area contributed by atoms with Gasteiger partial charge in [-0.1, -0.05) is 42.5 Å². The summed E-state index contributed by atoms with van der Waals surface area (Å²) in [4.78, 5) is 13.9. The summed E-state index contributed by atoms with van der Waals surface area (Å²) in [6.45, 7) is 3.08. The van der Waals surface area contributed by atoms with Crippen LogP contribution in [-0.2, 0) is 9.53 Å². The molecule has 0 amide bonds. The molecule has 19 heavy (non-hydrogen) atoms. The molecule has 3 heteroatoms. The second-order valence-electron chi connectivity index (χ2n) is 4.92. The van der Waals surface area contributed by atoms with Gasteiger partial charge in [-0.05, 0) is 18.9 Å². The molecule has 0 unspecified atom stereocenters. The van der Waals surface area contributed by atoms with E-state index in [9.17, 15) is 4.79 Å². The molecule has 0 aromatic heterocycles. The van der Waals surface area contributed by atoms with Crippen molar-refractivity contribution in [3.8, 4) is 0 Å². The first-order chi connectivity index (χ1) is 9.22. The van der Waals surface area contributed by atoms with Crippen LogP contribution in [0.5, 0.6) is 0 Å². The molecule has 0 radical (unpaired) electrons. The number of benzene rings is 1. The summed E-state index contributed by atoms with van der Waals surface area (Å²) in [6.07, 6.45) is 5.69. The summed E-state index contributed by atoms with van der Waals surface area (Å²) in [7, 11) is 1.45. The Morgan fingerprint density at radius 2 is 2.11 bits per heavy atom. The van der Waals surface area contributed by atoms with E-state index in [1.54, 1.807) is 0 Å². The van der Waals surface area contributed by atoms with Gasteiger partial charge in [-0.2, -0.15) is 0 Å². The van der Waals surface area contributed by atoms with Gasteiger partial charge in [-0.25, -0.2) is 0 Å². The molecule has 2 atom stereocenters. The van der Waals surface area contributed by atoms with Crippen molar-refractivity contribution >= 4 is 5.97 Å². The van der Waals surface area contributed by atoms with E-state index in [1.807, 2.05) is 6.07 Å². The molecule has 0 spiro atoms. The standard InChI is InChI=1S/C16H21NO2/c1-13(14-8-4-3-5-9-14)17-11-7-6-10-15(17)12-16(18)19-2/h3-9,13,15H,10-12H2,1-2H3/t13-,15-/m0/s1. The molecule has 1 heterocycles. The van der Waals surface area contributed by atoms with Gasteiger partial charge in [0, 0.05) is 18.6 Å². The average Bonchev–Trinajstić information content (AvgIpc) is 2.48. The topological polar surface area (TPSA) is 29.5 Å². The van der Waals surface area contributed by atoms with E-state index in [1.165, 1.54) is 12.7 Å². The summed E-state index contributed by atoms with van der Waals surface area (Å²) in [6, 6.07) is 10.9. The van der Waals surface area contributed by atoms with Crippen molar-refractivity contribution in [3.63, 3.8) is 0 Å². The first kappa shape index (κ1) is 13.8. The third-order valence-electron chi connectivity index (χ3n) is 3.77. The van der Waals surface area contributed by atoms with Gasteiger partial charge >= 0.3 is 5.97 Å². The maximum Gasteiger partial charge on any atom is 0.307 e. The number of hydrogen-bond acceptors (Lipinski definition) is 3. The monoisotopic (exact) mass is 259 g/mol. The highest BCUT2D eigenvalue weighted by Gasteiger charge is 2.27. The van der Waals surface area contributed by atoms with Gasteiger partial charge in [0.25, 0.3) is 0 Å². The van der Waals surface area contributed by atoms with E-state index < -0.39 is 0 Å². The van der Waals surface area contributed by atoms with Crippen molar-refractivity contribution in [2.45, 2.75) is 31.8 Å². The van der Waals surface area contributed by atoms with Gasteiger partial charge in [0.05, 0.1) is 13.5 Å². The fourth-order valence-corrected chi connectivity index (χ4v) is 2.61. The first-order valence-corrected chi connectivity index (χ1v) is 6.75. The molecule has 0 saturated heterocycles. The van der Waals surface area contributed by atoms with Crippen LogP contribution in [0.3, 0.4) is 0 Å². The van der Waals surface area contributed by atoms with Crippen LogP contribution in [0.25, 0.3) is 0 Å². The molecule has 102 valence electrons. The molecule has 1 aliphatic rings. The van der Waals surface area contributed by atoms with Gasteiger partial charge in [-0.15, -0.1) is 0 Å². The van der Waals surface area contributed by atoms with E-state index in [2.05, 4.69) is 48.2 Å². The Hall–Kier alpha value is -1.61. The Kier molecular flexibility index (Phi) is 4.74. The minimum absolute atomic E-state index is 0.134. The Balaban J connectivity index is 2.11. The largest absolute Gasteiger partial charge is 0.469 e. The number of carbonyl (C=O) groups is 1. The van der Waals surface area contributed by atoms with Crippen LogP contribution >= 0.6 is 0 Å². The van der Waals surface area contributed by atoms with E-state index in [0.717, 1.165) is 13.0 Å². The third-order valence-corrected chi connectivity index (χ3v) is 3.77. The third kappa shape index (κ3) is 3.44. The molecule has 0 bridgehead atoms. The number of rotatable bonds is 4. The maximum atomic E-state index is 11.5. The second-order valence-corrected chi connectivity index (χ2v) is 4.92. The number of methoxy groups -OCH3 is 1. The highest BCUT2D eigenvalue weighted by atomic mass is 16.5. The smallest absolute Gasteiger partial charge is 0.307 e. The van der Waals surface area contributed by atoms with Crippen molar-refractivity contribution in [1.29, 1.82) is 0 Å². The molecule has 3 nitrogen and oxygen atoms in total. The van der Waals surface area contributed by atoms with E-state index >= 15 is 0 Å². The van der Waals surface area contributed by atoms with Gasteiger partial charge < -0.3 is 4.74 Å². The summed E-state index contributed by atoms with van der Waals surface area (Å²) in [5.74, 6) is -0.134. The predicted molar refractivity (Wildman–Crippen MR) is 75.7 cm³/mol. The quantitative estimate of drug-likeness (QED) is 0.615. The fraction of sp³-hybridized carbons (Fsp3) is 0.438. The molecule has 0 fully saturated rings. The van der Waals surface area contributed by atoms with Crippen LogP contribution in [0.15, 0.2) is 42.5 Å². The lowest BCUT2D eigenvalue weighted by Gasteiger charge is -2.37. The highest BCUT2D eigenvalue weighted by Crippen LogP contribution is 2.27. The maximum absolute atomic E-state index is 11.5. The number of nitrogens with zero attached hydrogens (tertiary/aromatic N) is 1. The van der Waals surface area contributed by atoms with Crippen molar-refractivity contribution in [2.24, 2.45) is 0 Å². The zero-order chi connectivity index (χ0) is 13.7. The van der Waals surface area contributed by atoms with E-state index in [-0.39, 0.29) is 12.0 Å². The Labute approximate surface area is 114 Å². The fourth-order valence-electron chi connectivity index (χ4n) is 2.61. The molecular formula is C16H21NO2. The van der Waals surface area contributed by atoms with Crippen LogP contribution in [0, 0.1) is 0 Å². The lowest BCUT2D eigenvalue weighted by Crippen LogP contribution is -2.40. The van der Waals surface area contributed by atoms with E-state index in [4.69, 9.17) is 4.74 Å². The number of hydrogen-bond donors (Lipinski definition) is 0.